The van der Waals surface area contributed by atoms with Crippen molar-refractivity contribution in [2.75, 3.05) is 6.61 Å². The Morgan fingerprint density at radius 2 is 1.71 bits per heavy atom. The van der Waals surface area contributed by atoms with Gasteiger partial charge in [0.25, 0.3) is 0 Å². The van der Waals surface area contributed by atoms with Crippen molar-refractivity contribution in [1.29, 1.82) is 0 Å². The monoisotopic (exact) mass is 501 g/mol. The Morgan fingerprint density at radius 1 is 0.971 bits per heavy atom. The van der Waals surface area contributed by atoms with Crippen molar-refractivity contribution in [2.24, 2.45) is 0 Å². The molecule has 34 heavy (non-hydrogen) atoms. The molecule has 1 atom stereocenters. The Balaban J connectivity index is 1.55. The number of rotatable bonds is 9. The third-order valence-corrected chi connectivity index (χ3v) is 6.99. The molecular formula is C24H24NO7PS. The van der Waals surface area contributed by atoms with Crippen molar-refractivity contribution in [3.63, 3.8) is 0 Å². The highest BCUT2D eigenvalue weighted by Gasteiger charge is 2.18. The normalized spacial score (nSPS) is 12.8. The van der Waals surface area contributed by atoms with Gasteiger partial charge in [-0.05, 0) is 67.8 Å². The van der Waals surface area contributed by atoms with Gasteiger partial charge in [-0.25, -0.2) is 10.0 Å². The van der Waals surface area contributed by atoms with Gasteiger partial charge in [0.15, 0.2) is 5.43 Å². The minimum Gasteiger partial charge on any atom is -0.457 e. The van der Waals surface area contributed by atoms with Crippen LogP contribution in [0.5, 0.6) is 11.5 Å². The van der Waals surface area contributed by atoms with Crippen LogP contribution in [0.4, 0.5) is 0 Å². The fraction of sp³-hybridized carbons (Fsp3) is 0.208. The van der Waals surface area contributed by atoms with Crippen LogP contribution in [0.25, 0.3) is 20.2 Å². The van der Waals surface area contributed by atoms with Crippen LogP contribution in [0.2, 0.25) is 0 Å². The second-order valence-corrected chi connectivity index (χ2v) is 10.3. The first-order valence-electron chi connectivity index (χ1n) is 10.6. The molecule has 4 aromatic rings. The molecule has 0 aliphatic rings. The van der Waals surface area contributed by atoms with Gasteiger partial charge >= 0.3 is 7.82 Å². The minimum atomic E-state index is -4.62. The molecule has 1 aromatic heterocycles. The number of phosphoric acid groups is 1. The molecule has 0 aliphatic heterocycles. The van der Waals surface area contributed by atoms with Gasteiger partial charge in [0.1, 0.15) is 11.5 Å². The molecule has 0 bridgehead atoms. The first-order valence-corrected chi connectivity index (χ1v) is 12.9. The zero-order valence-electron chi connectivity index (χ0n) is 18.3. The van der Waals surface area contributed by atoms with E-state index in [1.807, 2.05) is 60.9 Å². The van der Waals surface area contributed by atoms with E-state index in [-0.39, 0.29) is 12.0 Å². The Kier molecular flexibility index (Phi) is 7.45. The third-order valence-electron chi connectivity index (χ3n) is 5.37. The lowest BCUT2D eigenvalue weighted by Gasteiger charge is -2.15. The third kappa shape index (κ3) is 6.08. The van der Waals surface area contributed by atoms with Gasteiger partial charge in [0.05, 0.1) is 12.6 Å². The van der Waals surface area contributed by atoms with E-state index >= 15 is 0 Å². The summed E-state index contributed by atoms with van der Waals surface area (Å²) in [7, 11) is -4.62. The summed E-state index contributed by atoms with van der Waals surface area (Å²) in [5, 5.41) is 10.4. The molecule has 0 spiro atoms. The number of benzene rings is 3. The maximum absolute atomic E-state index is 13.2. The number of hydrogen-bond donors (Lipinski definition) is 4. The van der Waals surface area contributed by atoms with E-state index in [0.717, 1.165) is 26.3 Å². The Labute approximate surface area is 199 Å². The number of fused-ring (bicyclic) bond motifs is 2. The minimum absolute atomic E-state index is 0.0749. The highest BCUT2D eigenvalue weighted by atomic mass is 32.1. The quantitative estimate of drug-likeness (QED) is 0.145. The maximum atomic E-state index is 13.2. The number of hydrogen-bond acceptors (Lipinski definition) is 7. The number of phosphoric ester groups is 1. The summed E-state index contributed by atoms with van der Waals surface area (Å²) in [6.07, 6.45) is 0.830. The molecule has 0 radical (unpaired) electrons. The molecule has 0 fully saturated rings. The van der Waals surface area contributed by atoms with Crippen molar-refractivity contribution in [3.05, 3.63) is 82.0 Å². The van der Waals surface area contributed by atoms with Gasteiger partial charge < -0.3 is 19.7 Å². The van der Waals surface area contributed by atoms with E-state index in [0.29, 0.717) is 29.4 Å². The molecule has 8 nitrogen and oxygen atoms in total. The molecule has 0 aliphatic carbocycles. The molecule has 1 heterocycles. The van der Waals surface area contributed by atoms with E-state index < -0.39 is 13.9 Å². The smallest absolute Gasteiger partial charge is 0.457 e. The van der Waals surface area contributed by atoms with E-state index in [2.05, 4.69) is 4.52 Å². The maximum Gasteiger partial charge on any atom is 0.469 e. The highest BCUT2D eigenvalue weighted by molar-refractivity contribution is 7.46. The number of nitrogens with one attached hydrogen (secondary N) is 1. The summed E-state index contributed by atoms with van der Waals surface area (Å²) in [6, 6.07) is 18.1. The lowest BCUT2D eigenvalue weighted by atomic mass is 10.0. The van der Waals surface area contributed by atoms with Crippen LogP contribution in [0.1, 0.15) is 17.5 Å². The first kappa shape index (κ1) is 24.5. The number of hydroxylamine groups is 1. The van der Waals surface area contributed by atoms with E-state index in [1.165, 1.54) is 11.3 Å². The van der Waals surface area contributed by atoms with Gasteiger partial charge in [-0.2, -0.15) is 0 Å². The molecule has 4 rings (SSSR count). The van der Waals surface area contributed by atoms with Crippen molar-refractivity contribution in [1.82, 2.24) is 5.48 Å². The second-order valence-electron chi connectivity index (χ2n) is 7.99. The summed E-state index contributed by atoms with van der Waals surface area (Å²) in [4.78, 5) is 30.8. The summed E-state index contributed by atoms with van der Waals surface area (Å²) in [5.41, 5.74) is 3.94. The van der Waals surface area contributed by atoms with Crippen LogP contribution in [-0.4, -0.2) is 27.6 Å². The average molecular weight is 501 g/mol. The van der Waals surface area contributed by atoms with Gasteiger partial charge in [-0.1, -0.05) is 23.8 Å². The van der Waals surface area contributed by atoms with Crippen LogP contribution in [0.15, 0.2) is 65.5 Å². The Bertz CT molecular complexity index is 1420. The van der Waals surface area contributed by atoms with E-state index in [4.69, 9.17) is 14.5 Å². The molecule has 0 amide bonds. The lowest BCUT2D eigenvalue weighted by Crippen LogP contribution is -2.31. The molecule has 178 valence electrons. The van der Waals surface area contributed by atoms with Crippen molar-refractivity contribution in [3.8, 4) is 11.5 Å². The summed E-state index contributed by atoms with van der Waals surface area (Å²) in [6.45, 7) is 1.66. The molecule has 0 saturated heterocycles. The molecule has 3 aromatic carbocycles. The predicted molar refractivity (Wildman–Crippen MR) is 132 cm³/mol. The van der Waals surface area contributed by atoms with Crippen LogP contribution in [0, 0.1) is 6.92 Å². The zero-order chi connectivity index (χ0) is 24.3. The van der Waals surface area contributed by atoms with Crippen LogP contribution in [0.3, 0.4) is 0 Å². The Morgan fingerprint density at radius 3 is 2.41 bits per heavy atom. The van der Waals surface area contributed by atoms with Crippen molar-refractivity contribution >= 4 is 39.3 Å². The van der Waals surface area contributed by atoms with Gasteiger partial charge in [-0.15, -0.1) is 11.3 Å². The zero-order valence-corrected chi connectivity index (χ0v) is 20.0. The van der Waals surface area contributed by atoms with Gasteiger partial charge in [-0.3, -0.25) is 9.32 Å². The fourth-order valence-corrected chi connectivity index (χ4v) is 5.01. The largest absolute Gasteiger partial charge is 0.469 e. The summed E-state index contributed by atoms with van der Waals surface area (Å²) >= 11 is 1.50. The number of ether oxygens (including phenoxy) is 1. The topological polar surface area (TPSA) is 125 Å². The second kappa shape index (κ2) is 10.3. The molecule has 4 N–H and O–H groups in total. The SMILES string of the molecule is Cc1ccc(Oc2ccc3c(=O)c4cc(CCC(COP(=O)(O)O)NO)ccc4sc3c2)cc1. The molecule has 0 saturated carbocycles. The van der Waals surface area contributed by atoms with Crippen LogP contribution in [-0.2, 0) is 15.5 Å². The molecular weight excluding hydrogens is 477 g/mol. The predicted octanol–water partition coefficient (Wildman–Crippen LogP) is 4.90. The average Bonchev–Trinajstić information content (AvgIpc) is 2.80. The van der Waals surface area contributed by atoms with Crippen LogP contribution < -0.4 is 15.6 Å². The van der Waals surface area contributed by atoms with Crippen molar-refractivity contribution in [2.45, 2.75) is 25.8 Å². The summed E-state index contributed by atoms with van der Waals surface area (Å²) < 4.78 is 22.9. The van der Waals surface area contributed by atoms with E-state index in [1.54, 1.807) is 12.1 Å². The first-order chi connectivity index (χ1) is 16.2. The summed E-state index contributed by atoms with van der Waals surface area (Å²) in [5.74, 6) is 1.38. The fourth-order valence-electron chi connectivity index (χ4n) is 3.56. The molecule has 10 heteroatoms. The van der Waals surface area contributed by atoms with Crippen LogP contribution >= 0.6 is 19.2 Å². The van der Waals surface area contributed by atoms with Crippen molar-refractivity contribution < 1.29 is 28.8 Å². The molecule has 1 unspecified atom stereocenters. The number of aryl methyl sites for hydroxylation is 2. The van der Waals surface area contributed by atoms with Gasteiger partial charge in [0.2, 0.25) is 0 Å². The lowest BCUT2D eigenvalue weighted by molar-refractivity contribution is 0.0814. The van der Waals surface area contributed by atoms with Gasteiger partial charge in [0, 0.05) is 20.2 Å². The standard InChI is InChI=1S/C24H24NO7PS/c1-15-2-7-18(8-3-15)32-19-9-10-20-23(13-19)34-22-11-5-16(12-21(22)24(20)26)4-6-17(25-27)14-31-33(28,29)30/h2-3,5,7-13,17,25,27H,4,6,14H2,1H3,(H2,28,29,30). The Hall–Kier alpha value is -2.62. The highest BCUT2D eigenvalue weighted by Crippen LogP contribution is 2.36. The van der Waals surface area contributed by atoms with E-state index in [9.17, 15) is 14.6 Å².